The second-order valence-electron chi connectivity index (χ2n) is 9.23. The van der Waals surface area contributed by atoms with Crippen molar-refractivity contribution in [1.29, 1.82) is 0 Å². The molecule has 1 aliphatic rings. The highest BCUT2D eigenvalue weighted by atomic mass is 16.5. The third-order valence-corrected chi connectivity index (χ3v) is 6.63. The standard InChI is InChI=1S/C27H34N4O2/c1-5-21(4)31(18-25-28-26(29-33-25)22-9-6-8-20(3)16-22)27(32)23-10-7-15-30(17-23)24-13-11-19(2)12-14-24/h6,8-9,11-14,16,21,23H,5,7,10,15,17-18H2,1-4H3/t21-,23-/m0/s1. The fourth-order valence-electron chi connectivity index (χ4n) is 4.44. The molecule has 33 heavy (non-hydrogen) atoms. The molecular formula is C27H34N4O2. The smallest absolute Gasteiger partial charge is 0.246 e. The third-order valence-electron chi connectivity index (χ3n) is 6.63. The first kappa shape index (κ1) is 23.0. The van der Waals surface area contributed by atoms with E-state index in [-0.39, 0.29) is 17.9 Å². The Morgan fingerprint density at radius 3 is 2.70 bits per heavy atom. The number of aromatic nitrogens is 2. The maximum Gasteiger partial charge on any atom is 0.246 e. The Labute approximate surface area is 196 Å². The van der Waals surface area contributed by atoms with E-state index in [1.165, 1.54) is 11.3 Å². The summed E-state index contributed by atoms with van der Waals surface area (Å²) in [7, 11) is 0. The van der Waals surface area contributed by atoms with Crippen molar-refractivity contribution in [1.82, 2.24) is 15.0 Å². The second kappa shape index (κ2) is 10.2. The predicted octanol–water partition coefficient (Wildman–Crippen LogP) is 5.40. The van der Waals surface area contributed by atoms with Gasteiger partial charge in [-0.15, -0.1) is 0 Å². The Morgan fingerprint density at radius 1 is 1.18 bits per heavy atom. The minimum Gasteiger partial charge on any atom is -0.371 e. The number of hydrogen-bond acceptors (Lipinski definition) is 5. The number of rotatable bonds is 7. The van der Waals surface area contributed by atoms with Gasteiger partial charge in [-0.2, -0.15) is 4.98 Å². The van der Waals surface area contributed by atoms with Crippen LogP contribution in [0.4, 0.5) is 5.69 Å². The fourth-order valence-corrected chi connectivity index (χ4v) is 4.44. The van der Waals surface area contributed by atoms with Crippen LogP contribution < -0.4 is 4.90 Å². The molecule has 2 atom stereocenters. The molecule has 0 bridgehead atoms. The van der Waals surface area contributed by atoms with Crippen molar-refractivity contribution in [2.75, 3.05) is 18.0 Å². The fraction of sp³-hybridized carbons (Fsp3) is 0.444. The summed E-state index contributed by atoms with van der Waals surface area (Å²) in [6, 6.07) is 16.7. The molecule has 6 heteroatoms. The number of piperidine rings is 1. The van der Waals surface area contributed by atoms with Crippen LogP contribution in [0, 0.1) is 19.8 Å². The lowest BCUT2D eigenvalue weighted by Crippen LogP contribution is -2.47. The van der Waals surface area contributed by atoms with Gasteiger partial charge in [0.2, 0.25) is 17.6 Å². The first-order valence-corrected chi connectivity index (χ1v) is 12.0. The molecule has 2 heterocycles. The van der Waals surface area contributed by atoms with E-state index < -0.39 is 0 Å². The van der Waals surface area contributed by atoms with E-state index in [1.54, 1.807) is 0 Å². The van der Waals surface area contributed by atoms with Crippen molar-refractivity contribution in [3.8, 4) is 11.4 Å². The Balaban J connectivity index is 1.49. The molecule has 1 fully saturated rings. The Morgan fingerprint density at radius 2 is 1.97 bits per heavy atom. The van der Waals surface area contributed by atoms with Gasteiger partial charge in [-0.3, -0.25) is 4.79 Å². The van der Waals surface area contributed by atoms with Crippen LogP contribution in [-0.2, 0) is 11.3 Å². The molecule has 0 saturated carbocycles. The van der Waals surface area contributed by atoms with Crippen molar-refractivity contribution >= 4 is 11.6 Å². The van der Waals surface area contributed by atoms with Crippen molar-refractivity contribution in [3.63, 3.8) is 0 Å². The number of benzene rings is 2. The average molecular weight is 447 g/mol. The Hall–Kier alpha value is -3.15. The molecule has 3 aromatic rings. The van der Waals surface area contributed by atoms with Gasteiger partial charge >= 0.3 is 0 Å². The van der Waals surface area contributed by atoms with Crippen LogP contribution in [-0.4, -0.2) is 40.1 Å². The maximum atomic E-state index is 13.7. The Bertz CT molecular complexity index is 1080. The quantitative estimate of drug-likeness (QED) is 0.486. The average Bonchev–Trinajstić information content (AvgIpc) is 3.31. The van der Waals surface area contributed by atoms with Gasteiger partial charge in [0, 0.05) is 30.4 Å². The van der Waals surface area contributed by atoms with Crippen LogP contribution >= 0.6 is 0 Å². The summed E-state index contributed by atoms with van der Waals surface area (Å²) in [6.45, 7) is 10.4. The zero-order valence-corrected chi connectivity index (χ0v) is 20.1. The van der Waals surface area contributed by atoms with Crippen LogP contribution in [0.25, 0.3) is 11.4 Å². The maximum absolute atomic E-state index is 13.7. The van der Waals surface area contributed by atoms with Gasteiger partial charge in [-0.1, -0.05) is 53.5 Å². The van der Waals surface area contributed by atoms with Crippen molar-refractivity contribution in [3.05, 3.63) is 65.5 Å². The minimum absolute atomic E-state index is 0.0341. The summed E-state index contributed by atoms with van der Waals surface area (Å²) in [5.74, 6) is 1.18. The molecular weight excluding hydrogens is 412 g/mol. The van der Waals surface area contributed by atoms with Gasteiger partial charge in [0.15, 0.2) is 0 Å². The van der Waals surface area contributed by atoms with Gasteiger partial charge in [0.25, 0.3) is 0 Å². The van der Waals surface area contributed by atoms with Gasteiger partial charge in [-0.05, 0) is 58.2 Å². The summed E-state index contributed by atoms with van der Waals surface area (Å²) in [6.07, 6.45) is 2.79. The van der Waals surface area contributed by atoms with E-state index in [9.17, 15) is 4.79 Å². The first-order valence-electron chi connectivity index (χ1n) is 12.0. The van der Waals surface area contributed by atoms with E-state index >= 15 is 0 Å². The lowest BCUT2D eigenvalue weighted by Gasteiger charge is -2.37. The topological polar surface area (TPSA) is 62.5 Å². The van der Waals surface area contributed by atoms with Gasteiger partial charge in [-0.25, -0.2) is 0 Å². The van der Waals surface area contributed by atoms with E-state index in [0.717, 1.165) is 43.5 Å². The normalized spacial score (nSPS) is 17.1. The summed E-state index contributed by atoms with van der Waals surface area (Å²) in [4.78, 5) is 22.5. The van der Waals surface area contributed by atoms with Crippen LogP contribution in [0.15, 0.2) is 53.1 Å². The lowest BCUT2D eigenvalue weighted by atomic mass is 9.95. The number of hydrogen-bond donors (Lipinski definition) is 0. The summed E-state index contributed by atoms with van der Waals surface area (Å²) >= 11 is 0. The molecule has 0 aliphatic carbocycles. The van der Waals surface area contributed by atoms with E-state index in [0.29, 0.717) is 18.3 Å². The molecule has 0 spiro atoms. The molecule has 174 valence electrons. The highest BCUT2D eigenvalue weighted by Crippen LogP contribution is 2.27. The lowest BCUT2D eigenvalue weighted by molar-refractivity contribution is -0.139. The SMILES string of the molecule is CC[C@H](C)N(Cc1nc(-c2cccc(C)c2)no1)C(=O)[C@H]1CCCN(c2ccc(C)cc2)C1. The van der Waals surface area contributed by atoms with Crippen LogP contribution in [0.1, 0.15) is 50.1 Å². The molecule has 1 aliphatic heterocycles. The monoisotopic (exact) mass is 446 g/mol. The third kappa shape index (κ3) is 5.44. The highest BCUT2D eigenvalue weighted by Gasteiger charge is 2.32. The van der Waals surface area contributed by atoms with Gasteiger partial charge < -0.3 is 14.3 Å². The van der Waals surface area contributed by atoms with E-state index in [1.807, 2.05) is 36.1 Å². The number of aryl methyl sites for hydroxylation is 2. The summed E-state index contributed by atoms with van der Waals surface area (Å²) < 4.78 is 5.56. The highest BCUT2D eigenvalue weighted by molar-refractivity contribution is 5.80. The zero-order chi connectivity index (χ0) is 23.4. The van der Waals surface area contributed by atoms with Crippen LogP contribution in [0.3, 0.4) is 0 Å². The van der Waals surface area contributed by atoms with Gasteiger partial charge in [0.05, 0.1) is 5.92 Å². The molecule has 6 nitrogen and oxygen atoms in total. The van der Waals surface area contributed by atoms with E-state index in [2.05, 4.69) is 60.1 Å². The molecule has 4 rings (SSSR count). The Kier molecular flexibility index (Phi) is 7.11. The molecule has 1 saturated heterocycles. The summed E-state index contributed by atoms with van der Waals surface area (Å²) in [5, 5.41) is 4.16. The molecule has 0 N–H and O–H groups in total. The number of carbonyl (C=O) groups is 1. The van der Waals surface area contributed by atoms with Crippen LogP contribution in [0.2, 0.25) is 0 Å². The number of carbonyl (C=O) groups excluding carboxylic acids is 1. The first-order chi connectivity index (χ1) is 15.9. The number of anilines is 1. The van der Waals surface area contributed by atoms with E-state index in [4.69, 9.17) is 4.52 Å². The molecule has 0 radical (unpaired) electrons. The molecule has 0 unspecified atom stereocenters. The summed E-state index contributed by atoms with van der Waals surface area (Å²) in [5.41, 5.74) is 4.50. The molecule has 1 amide bonds. The van der Waals surface area contributed by atoms with Crippen molar-refractivity contribution in [2.45, 2.75) is 59.5 Å². The van der Waals surface area contributed by atoms with Crippen LogP contribution in [0.5, 0.6) is 0 Å². The minimum atomic E-state index is -0.0341. The predicted molar refractivity (Wildman–Crippen MR) is 131 cm³/mol. The largest absolute Gasteiger partial charge is 0.371 e. The number of nitrogens with zero attached hydrogens (tertiary/aromatic N) is 4. The second-order valence-corrected chi connectivity index (χ2v) is 9.23. The molecule has 2 aromatic carbocycles. The molecule has 1 aromatic heterocycles. The van der Waals surface area contributed by atoms with Crippen molar-refractivity contribution in [2.24, 2.45) is 5.92 Å². The van der Waals surface area contributed by atoms with Gasteiger partial charge in [0.1, 0.15) is 6.54 Å². The zero-order valence-electron chi connectivity index (χ0n) is 20.1. The number of amides is 1. The van der Waals surface area contributed by atoms with Crippen molar-refractivity contribution < 1.29 is 9.32 Å².